The largest absolute Gasteiger partial charge is 0.480 e. The number of primary amides is 1. The van der Waals surface area contributed by atoms with Gasteiger partial charge in [0, 0.05) is 12.5 Å². The van der Waals surface area contributed by atoms with Gasteiger partial charge in [-0.25, -0.2) is 13.7 Å². The van der Waals surface area contributed by atoms with Crippen LogP contribution in [-0.2, 0) is 33.3 Å². The van der Waals surface area contributed by atoms with E-state index in [2.05, 4.69) is 9.84 Å². The van der Waals surface area contributed by atoms with E-state index < -0.39 is 47.7 Å². The SMILES string of the molecule is CCc1c(C(=O)C(N)=O)c2c(OCC(=O)OC)cc(C(F)(F)F)nn2c1Cc1ccc(F)cc1. The number of hydrogen-bond acceptors (Lipinski definition) is 6. The molecule has 0 saturated carbocycles. The Bertz CT molecular complexity index is 1270. The van der Waals surface area contributed by atoms with Crippen molar-refractivity contribution >= 4 is 23.2 Å². The van der Waals surface area contributed by atoms with Crippen LogP contribution in [0.1, 0.15) is 39.8 Å². The summed E-state index contributed by atoms with van der Waals surface area (Å²) in [5.41, 5.74) is 4.15. The van der Waals surface area contributed by atoms with Crippen LogP contribution >= 0.6 is 0 Å². The lowest BCUT2D eigenvalue weighted by Crippen LogP contribution is -2.24. The molecular formula is C22H19F4N3O5. The van der Waals surface area contributed by atoms with Crippen molar-refractivity contribution in [3.63, 3.8) is 0 Å². The Hall–Kier alpha value is -3.96. The molecule has 0 aliphatic heterocycles. The number of hydrogen-bond donors (Lipinski definition) is 1. The molecule has 34 heavy (non-hydrogen) atoms. The third-order valence-electron chi connectivity index (χ3n) is 5.02. The van der Waals surface area contributed by atoms with Crippen molar-refractivity contribution in [1.29, 1.82) is 0 Å². The van der Waals surface area contributed by atoms with Crippen LogP contribution in [0.25, 0.3) is 5.52 Å². The number of carbonyl (C=O) groups excluding carboxylic acids is 3. The van der Waals surface area contributed by atoms with Crippen molar-refractivity contribution in [3.8, 4) is 5.75 Å². The number of amides is 1. The zero-order valence-electron chi connectivity index (χ0n) is 18.0. The number of Topliss-reactive ketones (excluding diaryl/α,β-unsaturated/α-hetero) is 1. The Morgan fingerprint density at radius 2 is 1.79 bits per heavy atom. The molecule has 1 aromatic carbocycles. The number of esters is 1. The van der Waals surface area contributed by atoms with E-state index in [1.54, 1.807) is 6.92 Å². The smallest absolute Gasteiger partial charge is 0.435 e. The second-order valence-electron chi connectivity index (χ2n) is 7.17. The summed E-state index contributed by atoms with van der Waals surface area (Å²) < 4.78 is 64.8. The Labute approximate surface area is 190 Å². The van der Waals surface area contributed by atoms with Gasteiger partial charge < -0.3 is 15.2 Å². The molecule has 3 rings (SSSR count). The summed E-state index contributed by atoms with van der Waals surface area (Å²) in [5.74, 6) is -4.42. The summed E-state index contributed by atoms with van der Waals surface area (Å²) in [6, 6.07) is 5.71. The van der Waals surface area contributed by atoms with Crippen LogP contribution in [0, 0.1) is 5.82 Å². The highest BCUT2D eigenvalue weighted by Crippen LogP contribution is 2.37. The van der Waals surface area contributed by atoms with Crippen molar-refractivity contribution in [3.05, 3.63) is 64.2 Å². The first-order valence-electron chi connectivity index (χ1n) is 9.90. The number of aromatic nitrogens is 2. The fraction of sp³-hybridized carbons (Fsp3) is 0.273. The van der Waals surface area contributed by atoms with Gasteiger partial charge in [-0.15, -0.1) is 0 Å². The number of ketones is 1. The topological polar surface area (TPSA) is 113 Å². The van der Waals surface area contributed by atoms with Gasteiger partial charge in [0.25, 0.3) is 11.7 Å². The fourth-order valence-electron chi connectivity index (χ4n) is 3.49. The van der Waals surface area contributed by atoms with Crippen molar-refractivity contribution in [1.82, 2.24) is 9.61 Å². The molecule has 3 aromatic rings. The number of halogens is 4. The maximum atomic E-state index is 13.6. The molecule has 180 valence electrons. The summed E-state index contributed by atoms with van der Waals surface area (Å²) in [6.45, 7) is 0.859. The molecule has 2 heterocycles. The monoisotopic (exact) mass is 481 g/mol. The average molecular weight is 481 g/mol. The molecular weight excluding hydrogens is 462 g/mol. The number of nitrogens with zero attached hydrogens (tertiary/aromatic N) is 2. The zero-order chi connectivity index (χ0) is 25.2. The van der Waals surface area contributed by atoms with Gasteiger partial charge in [-0.2, -0.15) is 18.3 Å². The van der Waals surface area contributed by atoms with E-state index >= 15 is 0 Å². The van der Waals surface area contributed by atoms with Gasteiger partial charge in [0.05, 0.1) is 18.4 Å². The maximum absolute atomic E-state index is 13.6. The molecule has 0 bridgehead atoms. The molecule has 0 aliphatic carbocycles. The van der Waals surface area contributed by atoms with E-state index in [4.69, 9.17) is 10.5 Å². The van der Waals surface area contributed by atoms with Crippen LogP contribution < -0.4 is 10.5 Å². The third kappa shape index (κ3) is 4.85. The molecule has 8 nitrogen and oxygen atoms in total. The second kappa shape index (κ2) is 9.49. The van der Waals surface area contributed by atoms with Gasteiger partial charge >= 0.3 is 12.1 Å². The minimum atomic E-state index is -4.91. The summed E-state index contributed by atoms with van der Waals surface area (Å²) >= 11 is 0. The van der Waals surface area contributed by atoms with E-state index in [-0.39, 0.29) is 35.2 Å². The number of benzene rings is 1. The van der Waals surface area contributed by atoms with Crippen molar-refractivity contribution in [2.45, 2.75) is 25.9 Å². The number of rotatable bonds is 8. The van der Waals surface area contributed by atoms with Crippen LogP contribution in [0.2, 0.25) is 0 Å². The predicted octanol–water partition coefficient (Wildman–Crippen LogP) is 2.87. The molecule has 0 atom stereocenters. The summed E-state index contributed by atoms with van der Waals surface area (Å²) in [7, 11) is 1.06. The highest BCUT2D eigenvalue weighted by Gasteiger charge is 2.37. The molecule has 0 fully saturated rings. The van der Waals surface area contributed by atoms with Gasteiger partial charge in [-0.05, 0) is 29.7 Å². The maximum Gasteiger partial charge on any atom is 0.435 e. The zero-order valence-corrected chi connectivity index (χ0v) is 18.0. The van der Waals surface area contributed by atoms with Gasteiger partial charge in [0.1, 0.15) is 17.1 Å². The first kappa shape index (κ1) is 24.7. The average Bonchev–Trinajstić information content (AvgIpc) is 3.10. The quantitative estimate of drug-likeness (QED) is 0.229. The molecule has 0 unspecified atom stereocenters. The Morgan fingerprint density at radius 1 is 1.15 bits per heavy atom. The van der Waals surface area contributed by atoms with E-state index in [1.165, 1.54) is 24.3 Å². The lowest BCUT2D eigenvalue weighted by atomic mass is 9.99. The van der Waals surface area contributed by atoms with Crippen LogP contribution in [0.3, 0.4) is 0 Å². The lowest BCUT2D eigenvalue weighted by Gasteiger charge is -2.13. The van der Waals surface area contributed by atoms with Gasteiger partial charge in [0.2, 0.25) is 0 Å². The first-order valence-corrected chi connectivity index (χ1v) is 9.90. The summed E-state index contributed by atoms with van der Waals surface area (Å²) in [4.78, 5) is 36.1. The summed E-state index contributed by atoms with van der Waals surface area (Å²) in [5, 5.41) is 3.66. The van der Waals surface area contributed by atoms with Gasteiger partial charge in [0.15, 0.2) is 12.3 Å². The first-order chi connectivity index (χ1) is 16.0. The Balaban J connectivity index is 2.38. The molecule has 12 heteroatoms. The molecule has 0 aliphatic rings. The number of methoxy groups -OCH3 is 1. The van der Waals surface area contributed by atoms with Crippen LogP contribution in [0.5, 0.6) is 5.75 Å². The van der Waals surface area contributed by atoms with E-state index in [1.807, 2.05) is 0 Å². The van der Waals surface area contributed by atoms with E-state index in [0.717, 1.165) is 11.6 Å². The minimum absolute atomic E-state index is 0.0542. The van der Waals surface area contributed by atoms with E-state index in [9.17, 15) is 31.9 Å². The summed E-state index contributed by atoms with van der Waals surface area (Å²) in [6.07, 6.45) is -4.84. The molecule has 0 radical (unpaired) electrons. The normalized spacial score (nSPS) is 11.5. The van der Waals surface area contributed by atoms with E-state index in [0.29, 0.717) is 11.6 Å². The number of carbonyl (C=O) groups is 3. The van der Waals surface area contributed by atoms with Crippen LogP contribution in [0.15, 0.2) is 30.3 Å². The number of fused-ring (bicyclic) bond motifs is 1. The Morgan fingerprint density at radius 3 is 2.32 bits per heavy atom. The lowest BCUT2D eigenvalue weighted by molar-refractivity contribution is -0.143. The highest BCUT2D eigenvalue weighted by atomic mass is 19.4. The molecule has 0 spiro atoms. The standard InChI is InChI=1S/C22H19F4N3O5/c1-3-13-14(8-11-4-6-12(23)7-5-11)29-19(18(13)20(31)21(27)32)15(34-10-17(30)33-2)9-16(28-29)22(24,25)26/h4-7,9H,3,8,10H2,1-2H3,(H2,27,32). The Kier molecular flexibility index (Phi) is 6.89. The molecule has 1 amide bonds. The molecule has 2 aromatic heterocycles. The van der Waals surface area contributed by atoms with Crippen molar-refractivity contribution in [2.75, 3.05) is 13.7 Å². The third-order valence-corrected chi connectivity index (χ3v) is 5.02. The van der Waals surface area contributed by atoms with Gasteiger partial charge in [-0.3, -0.25) is 9.59 Å². The number of ether oxygens (including phenoxy) is 2. The van der Waals surface area contributed by atoms with Crippen LogP contribution in [-0.4, -0.2) is 41.0 Å². The number of nitrogens with two attached hydrogens (primary N) is 1. The number of alkyl halides is 3. The fourth-order valence-corrected chi connectivity index (χ4v) is 3.49. The minimum Gasteiger partial charge on any atom is -0.480 e. The molecule has 0 saturated heterocycles. The van der Waals surface area contributed by atoms with Crippen molar-refractivity contribution < 1.29 is 41.4 Å². The predicted molar refractivity (Wildman–Crippen MR) is 110 cm³/mol. The van der Waals surface area contributed by atoms with Crippen LogP contribution in [0.4, 0.5) is 17.6 Å². The molecule has 2 N–H and O–H groups in total. The highest BCUT2D eigenvalue weighted by molar-refractivity contribution is 6.44. The van der Waals surface area contributed by atoms with Gasteiger partial charge in [-0.1, -0.05) is 19.1 Å². The van der Waals surface area contributed by atoms with Crippen molar-refractivity contribution in [2.24, 2.45) is 5.73 Å². The second-order valence-corrected chi connectivity index (χ2v) is 7.17.